The lowest BCUT2D eigenvalue weighted by atomic mass is 10.2. The van der Waals surface area contributed by atoms with Gasteiger partial charge in [0.25, 0.3) is 0 Å². The minimum atomic E-state index is 0.643. The lowest BCUT2D eigenvalue weighted by molar-refractivity contribution is 0.934. The highest BCUT2D eigenvalue weighted by Crippen LogP contribution is 2.23. The molecule has 0 amide bonds. The van der Waals surface area contributed by atoms with Crippen molar-refractivity contribution in [1.82, 2.24) is 9.61 Å². The summed E-state index contributed by atoms with van der Waals surface area (Å²) < 4.78 is 2.60. The van der Waals surface area contributed by atoms with Crippen molar-refractivity contribution >= 4 is 39.1 Å². The number of hydrogen-bond donors (Lipinski definition) is 0. The molecule has 0 N–H and O–H groups in total. The van der Waals surface area contributed by atoms with Crippen molar-refractivity contribution in [3.8, 4) is 0 Å². The molecule has 13 heavy (non-hydrogen) atoms. The predicted molar refractivity (Wildman–Crippen MR) is 58.0 cm³/mol. The van der Waals surface area contributed by atoms with E-state index in [9.17, 15) is 0 Å². The van der Waals surface area contributed by atoms with Gasteiger partial charge in [0.1, 0.15) is 4.60 Å². The average Bonchev–Trinajstić information content (AvgIpc) is 2.48. The first kappa shape index (κ1) is 8.78. The van der Waals surface area contributed by atoms with Crippen molar-refractivity contribution in [3.05, 3.63) is 40.1 Å². The normalized spacial score (nSPS) is 10.6. The Morgan fingerprint density at radius 2 is 2.31 bits per heavy atom. The van der Waals surface area contributed by atoms with Gasteiger partial charge in [0.2, 0.25) is 0 Å². The largest absolute Gasteiger partial charge is 0.225 e. The number of aromatic nitrogens is 2. The topological polar surface area (TPSA) is 17.3 Å². The molecule has 2 aromatic rings. The van der Waals surface area contributed by atoms with Crippen molar-refractivity contribution in [2.45, 2.75) is 0 Å². The second kappa shape index (κ2) is 3.16. The number of rotatable bonds is 1. The molecule has 0 fully saturated rings. The highest BCUT2D eigenvalue weighted by molar-refractivity contribution is 9.10. The molecule has 0 saturated carbocycles. The third-order valence-electron chi connectivity index (χ3n) is 1.79. The van der Waals surface area contributed by atoms with E-state index in [0.29, 0.717) is 5.02 Å². The van der Waals surface area contributed by atoms with Gasteiger partial charge in [0.15, 0.2) is 0 Å². The molecule has 0 aliphatic carbocycles. The van der Waals surface area contributed by atoms with Crippen molar-refractivity contribution < 1.29 is 0 Å². The Bertz CT molecular complexity index is 476. The molecule has 0 aromatic carbocycles. The van der Waals surface area contributed by atoms with Crippen LogP contribution in [0.1, 0.15) is 5.56 Å². The molecule has 0 saturated heterocycles. The number of nitrogens with zero attached hydrogens (tertiary/aromatic N) is 2. The van der Waals surface area contributed by atoms with Crippen LogP contribution in [-0.2, 0) is 0 Å². The molecule has 0 radical (unpaired) electrons. The standard InChI is InChI=1S/C9H6BrClN2/c1-2-6-3-8-7(11)5-12-13(8)9(10)4-6/h2-5H,1H2. The molecule has 2 nitrogen and oxygen atoms in total. The van der Waals surface area contributed by atoms with Crippen LogP contribution in [0.3, 0.4) is 0 Å². The highest BCUT2D eigenvalue weighted by Gasteiger charge is 2.04. The molecule has 2 rings (SSSR count). The van der Waals surface area contributed by atoms with Gasteiger partial charge in [-0.25, -0.2) is 4.52 Å². The van der Waals surface area contributed by atoms with E-state index < -0.39 is 0 Å². The molecule has 0 aliphatic rings. The molecule has 2 aromatic heterocycles. The summed E-state index contributed by atoms with van der Waals surface area (Å²) in [6.45, 7) is 3.70. The van der Waals surface area contributed by atoms with E-state index >= 15 is 0 Å². The van der Waals surface area contributed by atoms with Gasteiger partial charge >= 0.3 is 0 Å². The van der Waals surface area contributed by atoms with Crippen LogP contribution in [0.4, 0.5) is 0 Å². The molecule has 66 valence electrons. The third-order valence-corrected chi connectivity index (χ3v) is 2.64. The molecular weight excluding hydrogens is 251 g/mol. The highest BCUT2D eigenvalue weighted by atomic mass is 79.9. The second-order valence-electron chi connectivity index (χ2n) is 2.61. The summed E-state index contributed by atoms with van der Waals surface area (Å²) in [5.41, 5.74) is 1.90. The summed E-state index contributed by atoms with van der Waals surface area (Å²) in [5.74, 6) is 0. The van der Waals surface area contributed by atoms with Crippen LogP contribution >= 0.6 is 27.5 Å². The molecule has 0 bridgehead atoms. The van der Waals surface area contributed by atoms with Crippen LogP contribution in [0, 0.1) is 0 Å². The Morgan fingerprint density at radius 3 is 3.00 bits per heavy atom. The van der Waals surface area contributed by atoms with E-state index in [1.165, 1.54) is 0 Å². The van der Waals surface area contributed by atoms with E-state index in [4.69, 9.17) is 11.6 Å². The SMILES string of the molecule is C=Cc1cc(Br)n2ncc(Cl)c2c1. The van der Waals surface area contributed by atoms with Gasteiger partial charge < -0.3 is 0 Å². The number of fused-ring (bicyclic) bond motifs is 1. The van der Waals surface area contributed by atoms with E-state index in [1.54, 1.807) is 16.8 Å². The monoisotopic (exact) mass is 256 g/mol. The van der Waals surface area contributed by atoms with Crippen LogP contribution in [0.2, 0.25) is 5.02 Å². The molecular formula is C9H6BrClN2. The summed E-state index contributed by atoms with van der Waals surface area (Å²) in [6.07, 6.45) is 3.39. The minimum absolute atomic E-state index is 0.643. The maximum absolute atomic E-state index is 5.94. The summed E-state index contributed by atoms with van der Waals surface area (Å²) in [5, 5.41) is 4.74. The van der Waals surface area contributed by atoms with Crippen LogP contribution in [-0.4, -0.2) is 9.61 Å². The zero-order valence-corrected chi connectivity index (χ0v) is 9.01. The van der Waals surface area contributed by atoms with Gasteiger partial charge in [-0.15, -0.1) is 0 Å². The first-order valence-corrected chi connectivity index (χ1v) is 4.84. The third kappa shape index (κ3) is 1.38. The second-order valence-corrected chi connectivity index (χ2v) is 3.82. The molecule has 0 unspecified atom stereocenters. The van der Waals surface area contributed by atoms with Gasteiger partial charge in [-0.1, -0.05) is 24.3 Å². The minimum Gasteiger partial charge on any atom is -0.225 e. The lowest BCUT2D eigenvalue weighted by Crippen LogP contribution is -1.89. The van der Waals surface area contributed by atoms with Gasteiger partial charge in [-0.2, -0.15) is 5.10 Å². The molecule has 2 heterocycles. The van der Waals surface area contributed by atoms with Crippen LogP contribution in [0.15, 0.2) is 29.5 Å². The van der Waals surface area contributed by atoms with E-state index in [1.807, 2.05) is 12.1 Å². The molecule has 0 spiro atoms. The molecule has 0 atom stereocenters. The van der Waals surface area contributed by atoms with Gasteiger partial charge in [0.05, 0.1) is 16.7 Å². The summed E-state index contributed by atoms with van der Waals surface area (Å²) in [6, 6.07) is 3.87. The van der Waals surface area contributed by atoms with Crippen LogP contribution < -0.4 is 0 Å². The fourth-order valence-corrected chi connectivity index (χ4v) is 1.88. The van der Waals surface area contributed by atoms with Crippen molar-refractivity contribution in [2.24, 2.45) is 0 Å². The fraction of sp³-hybridized carbons (Fsp3) is 0. The van der Waals surface area contributed by atoms with Crippen molar-refractivity contribution in [3.63, 3.8) is 0 Å². The molecule has 0 aliphatic heterocycles. The Kier molecular flexibility index (Phi) is 2.14. The Morgan fingerprint density at radius 1 is 1.54 bits per heavy atom. The maximum atomic E-state index is 5.94. The zero-order valence-electron chi connectivity index (χ0n) is 6.67. The Hall–Kier alpha value is -0.800. The summed E-state index contributed by atoms with van der Waals surface area (Å²) in [7, 11) is 0. The number of hydrogen-bond acceptors (Lipinski definition) is 1. The van der Waals surface area contributed by atoms with Gasteiger partial charge in [0, 0.05) is 0 Å². The number of halogens is 2. The lowest BCUT2D eigenvalue weighted by Gasteiger charge is -1.99. The van der Waals surface area contributed by atoms with E-state index in [0.717, 1.165) is 15.7 Å². The van der Waals surface area contributed by atoms with Crippen molar-refractivity contribution in [2.75, 3.05) is 0 Å². The maximum Gasteiger partial charge on any atom is 0.108 e. The predicted octanol–water partition coefficient (Wildman–Crippen LogP) is 3.39. The summed E-state index contributed by atoms with van der Waals surface area (Å²) >= 11 is 9.33. The fourth-order valence-electron chi connectivity index (χ4n) is 1.15. The Balaban J connectivity index is 2.87. The smallest absolute Gasteiger partial charge is 0.108 e. The Labute approximate surface area is 88.9 Å². The summed E-state index contributed by atoms with van der Waals surface area (Å²) in [4.78, 5) is 0. The first-order valence-electron chi connectivity index (χ1n) is 3.67. The zero-order chi connectivity index (χ0) is 9.42. The average molecular weight is 258 g/mol. The van der Waals surface area contributed by atoms with Crippen molar-refractivity contribution in [1.29, 1.82) is 0 Å². The molecule has 4 heteroatoms. The van der Waals surface area contributed by atoms with E-state index in [-0.39, 0.29) is 0 Å². The van der Waals surface area contributed by atoms with Crippen LogP contribution in [0.5, 0.6) is 0 Å². The van der Waals surface area contributed by atoms with E-state index in [2.05, 4.69) is 27.6 Å². The number of pyridine rings is 1. The van der Waals surface area contributed by atoms with Gasteiger partial charge in [-0.3, -0.25) is 0 Å². The quantitative estimate of drug-likeness (QED) is 0.716. The van der Waals surface area contributed by atoms with Crippen LogP contribution in [0.25, 0.3) is 11.6 Å². The first-order chi connectivity index (χ1) is 6.22. The van der Waals surface area contributed by atoms with Gasteiger partial charge in [-0.05, 0) is 33.6 Å².